The van der Waals surface area contributed by atoms with Gasteiger partial charge in [-0.3, -0.25) is 14.9 Å². The maximum Gasteiger partial charge on any atom is 0.271 e. The number of carbonyl (C=O) groups is 1. The lowest BCUT2D eigenvalue weighted by Crippen LogP contribution is -2.34. The second-order valence-corrected chi connectivity index (χ2v) is 5.10. The number of carbonyl (C=O) groups excluding carboxylic acids is 1. The molecule has 1 aromatic heterocycles. The summed E-state index contributed by atoms with van der Waals surface area (Å²) in [5.41, 5.74) is 1.28. The number of nitrogens with zero attached hydrogens (tertiary/aromatic N) is 1. The smallest absolute Gasteiger partial charge is 0.271 e. The Bertz CT molecular complexity index is 671. The molecule has 1 atom stereocenters. The molecule has 0 aliphatic carbocycles. The number of ketones is 1. The first-order chi connectivity index (χ1) is 9.66. The van der Waals surface area contributed by atoms with Crippen LogP contribution in [0.25, 0.3) is 10.9 Å². The van der Waals surface area contributed by atoms with Gasteiger partial charge in [-0.1, -0.05) is 0 Å². The quantitative estimate of drug-likeness (QED) is 0.510. The summed E-state index contributed by atoms with van der Waals surface area (Å²) in [6, 6.07) is 4.55. The number of H-pyrrole nitrogens is 1. The fourth-order valence-electron chi connectivity index (χ4n) is 2.73. The van der Waals surface area contributed by atoms with E-state index in [0.717, 1.165) is 24.8 Å². The number of aromatic nitrogens is 1. The lowest BCUT2D eigenvalue weighted by molar-refractivity contribution is -0.384. The van der Waals surface area contributed by atoms with E-state index in [4.69, 9.17) is 0 Å². The SMILES string of the molecule is O=C(c1c[nH]c2cc([N+](=O)[O-])ccc12)C1CCCNC1. The van der Waals surface area contributed by atoms with Crippen molar-refractivity contribution < 1.29 is 9.72 Å². The maximum absolute atomic E-state index is 12.5. The first-order valence-corrected chi connectivity index (χ1v) is 6.67. The number of hydrogen-bond donors (Lipinski definition) is 2. The topological polar surface area (TPSA) is 88.0 Å². The van der Waals surface area contributed by atoms with Crippen LogP contribution in [-0.2, 0) is 0 Å². The summed E-state index contributed by atoms with van der Waals surface area (Å²) in [6.07, 6.45) is 3.56. The summed E-state index contributed by atoms with van der Waals surface area (Å²) in [5.74, 6) is 0.107. The fourth-order valence-corrected chi connectivity index (χ4v) is 2.73. The van der Waals surface area contributed by atoms with Crippen LogP contribution in [0.1, 0.15) is 23.2 Å². The molecule has 2 N–H and O–H groups in total. The van der Waals surface area contributed by atoms with E-state index in [1.165, 1.54) is 12.1 Å². The predicted molar refractivity (Wildman–Crippen MR) is 74.9 cm³/mol. The molecule has 1 aliphatic rings. The second-order valence-electron chi connectivity index (χ2n) is 5.10. The number of nitrogens with one attached hydrogen (secondary N) is 2. The van der Waals surface area contributed by atoms with Crippen molar-refractivity contribution in [1.82, 2.24) is 10.3 Å². The number of Topliss-reactive ketones (excluding diaryl/α,β-unsaturated/α-hetero) is 1. The van der Waals surface area contributed by atoms with Gasteiger partial charge in [-0.2, -0.15) is 0 Å². The molecule has 0 bridgehead atoms. The molecular weight excluding hydrogens is 258 g/mol. The highest BCUT2D eigenvalue weighted by Crippen LogP contribution is 2.26. The molecule has 1 saturated heterocycles. The molecule has 20 heavy (non-hydrogen) atoms. The first-order valence-electron chi connectivity index (χ1n) is 6.67. The molecular formula is C14H15N3O3. The van der Waals surface area contributed by atoms with Gasteiger partial charge >= 0.3 is 0 Å². The van der Waals surface area contributed by atoms with E-state index < -0.39 is 4.92 Å². The molecule has 6 heteroatoms. The molecule has 0 amide bonds. The van der Waals surface area contributed by atoms with Crippen LogP contribution in [-0.4, -0.2) is 28.8 Å². The Hall–Kier alpha value is -2.21. The average Bonchev–Trinajstić information content (AvgIpc) is 2.90. The van der Waals surface area contributed by atoms with Crippen LogP contribution in [0.4, 0.5) is 5.69 Å². The molecule has 6 nitrogen and oxygen atoms in total. The third-order valence-electron chi connectivity index (χ3n) is 3.81. The van der Waals surface area contributed by atoms with E-state index in [2.05, 4.69) is 10.3 Å². The summed E-state index contributed by atoms with van der Waals surface area (Å²) in [4.78, 5) is 25.8. The Morgan fingerprint density at radius 1 is 1.40 bits per heavy atom. The third kappa shape index (κ3) is 2.18. The molecule has 1 fully saturated rings. The minimum absolute atomic E-state index is 0.00191. The van der Waals surface area contributed by atoms with Crippen molar-refractivity contribution in [1.29, 1.82) is 0 Å². The maximum atomic E-state index is 12.5. The Morgan fingerprint density at radius 2 is 2.25 bits per heavy atom. The number of nitro groups is 1. The van der Waals surface area contributed by atoms with Gasteiger partial charge < -0.3 is 10.3 Å². The van der Waals surface area contributed by atoms with Gasteiger partial charge in [0.05, 0.1) is 10.4 Å². The number of piperidine rings is 1. The van der Waals surface area contributed by atoms with E-state index in [9.17, 15) is 14.9 Å². The minimum atomic E-state index is -0.438. The van der Waals surface area contributed by atoms with E-state index >= 15 is 0 Å². The van der Waals surface area contributed by atoms with Crippen LogP contribution in [0.3, 0.4) is 0 Å². The molecule has 1 unspecified atom stereocenters. The number of fused-ring (bicyclic) bond motifs is 1. The largest absolute Gasteiger partial charge is 0.360 e. The van der Waals surface area contributed by atoms with Crippen LogP contribution in [0.15, 0.2) is 24.4 Å². The molecule has 1 aromatic carbocycles. The Labute approximate surface area is 115 Å². The van der Waals surface area contributed by atoms with Crippen LogP contribution < -0.4 is 5.32 Å². The van der Waals surface area contributed by atoms with Gasteiger partial charge in [0, 0.05) is 41.7 Å². The zero-order valence-corrected chi connectivity index (χ0v) is 10.9. The lowest BCUT2D eigenvalue weighted by Gasteiger charge is -2.21. The molecule has 2 aromatic rings. The Morgan fingerprint density at radius 3 is 2.95 bits per heavy atom. The van der Waals surface area contributed by atoms with Crippen molar-refractivity contribution in [2.75, 3.05) is 13.1 Å². The van der Waals surface area contributed by atoms with Gasteiger partial charge in [-0.05, 0) is 25.5 Å². The van der Waals surface area contributed by atoms with Crippen LogP contribution in [0.2, 0.25) is 0 Å². The number of non-ortho nitro benzene ring substituents is 1. The number of nitro benzene ring substituents is 1. The number of benzene rings is 1. The standard InChI is InChI=1S/C14H15N3O3/c18-14(9-2-1-5-15-7-9)12-8-16-13-6-10(17(19)20)3-4-11(12)13/h3-4,6,8-9,15-16H,1-2,5,7H2. The van der Waals surface area contributed by atoms with Gasteiger partial charge in [0.2, 0.25) is 0 Å². The van der Waals surface area contributed by atoms with Crippen LogP contribution in [0, 0.1) is 16.0 Å². The lowest BCUT2D eigenvalue weighted by atomic mass is 9.91. The average molecular weight is 273 g/mol. The van der Waals surface area contributed by atoms with Gasteiger partial charge in [0.1, 0.15) is 0 Å². The van der Waals surface area contributed by atoms with Crippen molar-refractivity contribution >= 4 is 22.4 Å². The molecule has 0 spiro atoms. The predicted octanol–water partition coefficient (Wildman–Crippen LogP) is 2.26. The number of hydrogen-bond acceptors (Lipinski definition) is 4. The van der Waals surface area contributed by atoms with Crippen LogP contribution in [0.5, 0.6) is 0 Å². The van der Waals surface area contributed by atoms with E-state index in [1.54, 1.807) is 12.3 Å². The second kappa shape index (κ2) is 5.05. The monoisotopic (exact) mass is 273 g/mol. The molecule has 0 radical (unpaired) electrons. The number of aromatic amines is 1. The third-order valence-corrected chi connectivity index (χ3v) is 3.81. The van der Waals surface area contributed by atoms with Crippen molar-refractivity contribution in [2.45, 2.75) is 12.8 Å². The highest BCUT2D eigenvalue weighted by Gasteiger charge is 2.24. The number of rotatable bonds is 3. The van der Waals surface area contributed by atoms with E-state index in [1.807, 2.05) is 0 Å². The van der Waals surface area contributed by atoms with Crippen LogP contribution >= 0.6 is 0 Å². The minimum Gasteiger partial charge on any atom is -0.360 e. The molecule has 1 aliphatic heterocycles. The summed E-state index contributed by atoms with van der Waals surface area (Å²) < 4.78 is 0. The van der Waals surface area contributed by atoms with Crippen molar-refractivity contribution in [2.24, 2.45) is 5.92 Å². The normalized spacial score (nSPS) is 19.1. The van der Waals surface area contributed by atoms with Crippen molar-refractivity contribution in [3.63, 3.8) is 0 Å². The van der Waals surface area contributed by atoms with Crippen molar-refractivity contribution in [3.8, 4) is 0 Å². The zero-order valence-electron chi connectivity index (χ0n) is 10.9. The molecule has 0 saturated carbocycles. The summed E-state index contributed by atoms with van der Waals surface area (Å²) in [5, 5.41) is 14.7. The van der Waals surface area contributed by atoms with Gasteiger partial charge in [-0.15, -0.1) is 0 Å². The fraction of sp³-hybridized carbons (Fsp3) is 0.357. The van der Waals surface area contributed by atoms with Gasteiger partial charge in [0.15, 0.2) is 5.78 Å². The summed E-state index contributed by atoms with van der Waals surface area (Å²) in [7, 11) is 0. The molecule has 2 heterocycles. The molecule has 104 valence electrons. The van der Waals surface area contributed by atoms with E-state index in [0.29, 0.717) is 17.6 Å². The summed E-state index contributed by atoms with van der Waals surface area (Å²) in [6.45, 7) is 1.67. The summed E-state index contributed by atoms with van der Waals surface area (Å²) >= 11 is 0. The van der Waals surface area contributed by atoms with Crippen molar-refractivity contribution in [3.05, 3.63) is 40.1 Å². The first kappa shape index (κ1) is 12.8. The Balaban J connectivity index is 1.95. The van der Waals surface area contributed by atoms with Gasteiger partial charge in [0.25, 0.3) is 5.69 Å². The zero-order chi connectivity index (χ0) is 14.1. The van der Waals surface area contributed by atoms with Gasteiger partial charge in [-0.25, -0.2) is 0 Å². The van der Waals surface area contributed by atoms with E-state index in [-0.39, 0.29) is 17.4 Å². The molecule has 3 rings (SSSR count). The Kier molecular flexibility index (Phi) is 3.23. The highest BCUT2D eigenvalue weighted by atomic mass is 16.6. The highest BCUT2D eigenvalue weighted by molar-refractivity contribution is 6.09.